The Kier molecular flexibility index (Phi) is 5.52. The normalized spacial score (nSPS) is 12.1. The Labute approximate surface area is 169 Å². The molecule has 0 saturated carbocycles. The molecule has 0 spiro atoms. The molecule has 2 heterocycles. The van der Waals surface area contributed by atoms with E-state index in [0.717, 1.165) is 26.2 Å². The number of carbonyl (C=O) groups is 1. The van der Waals surface area contributed by atoms with Crippen LogP contribution in [0.25, 0.3) is 20.4 Å². The zero-order valence-corrected chi connectivity index (χ0v) is 17.2. The van der Waals surface area contributed by atoms with Gasteiger partial charge in [0.15, 0.2) is 9.81 Å². The molecule has 144 valence electrons. The average Bonchev–Trinajstić information content (AvgIpc) is 3.27. The van der Waals surface area contributed by atoms with Crippen molar-refractivity contribution in [3.63, 3.8) is 0 Å². The van der Waals surface area contributed by atoms with Gasteiger partial charge >= 0.3 is 5.91 Å². The maximum atomic E-state index is 12.8. The summed E-state index contributed by atoms with van der Waals surface area (Å²) in [5.74, 6) is 0.475. The number of fused-ring (bicyclic) bond motifs is 2. The molecule has 0 atom stereocenters. The molecule has 0 aliphatic rings. The molecule has 0 fully saturated rings. The number of hydrogen-bond donors (Lipinski definition) is 0. The van der Waals surface area contributed by atoms with Gasteiger partial charge in [0.05, 0.1) is 33.6 Å². The molecule has 4 rings (SSSR count). The summed E-state index contributed by atoms with van der Waals surface area (Å²) in [6.07, 6.45) is 0. The summed E-state index contributed by atoms with van der Waals surface area (Å²) in [7, 11) is 1.66. The van der Waals surface area contributed by atoms with Gasteiger partial charge in [-0.25, -0.2) is 4.98 Å². The molecule has 2 aromatic heterocycles. The largest absolute Gasteiger partial charge is 0.494 e. The van der Waals surface area contributed by atoms with Crippen LogP contribution in [0, 0.1) is 0 Å². The first-order valence-corrected chi connectivity index (χ1v) is 10.5. The quantitative estimate of drug-likeness (QED) is 0.477. The summed E-state index contributed by atoms with van der Waals surface area (Å²) in [6.45, 7) is 3.70. The minimum atomic E-state index is -0.330. The van der Waals surface area contributed by atoms with E-state index in [9.17, 15) is 4.79 Å². The number of amides is 1. The number of thiazole rings is 2. The summed E-state index contributed by atoms with van der Waals surface area (Å²) >= 11 is 2.82. The molecule has 1 amide bonds. The van der Waals surface area contributed by atoms with Gasteiger partial charge < -0.3 is 14.0 Å². The SMILES string of the molecule is CCOc1ccc2c(c1)sc(=NC(=O)c1nc3ccccc3s1)n2CCOC. The standard InChI is InChI=1S/C20H19N3O3S2/c1-3-26-13-8-9-15-17(12-13)28-20(23(15)10-11-25-2)22-18(24)19-21-14-6-4-5-7-16(14)27-19/h4-9,12H,3,10-11H2,1-2H3. The molecule has 0 saturated heterocycles. The molecule has 0 radical (unpaired) electrons. The lowest BCUT2D eigenvalue weighted by atomic mass is 10.3. The van der Waals surface area contributed by atoms with Crippen LogP contribution >= 0.6 is 22.7 Å². The van der Waals surface area contributed by atoms with E-state index < -0.39 is 0 Å². The van der Waals surface area contributed by atoms with Crippen molar-refractivity contribution < 1.29 is 14.3 Å². The van der Waals surface area contributed by atoms with Crippen LogP contribution in [0.3, 0.4) is 0 Å². The van der Waals surface area contributed by atoms with E-state index in [1.165, 1.54) is 22.7 Å². The van der Waals surface area contributed by atoms with Gasteiger partial charge in [-0.15, -0.1) is 11.3 Å². The fourth-order valence-corrected chi connectivity index (χ4v) is 4.83. The summed E-state index contributed by atoms with van der Waals surface area (Å²) in [6, 6.07) is 13.6. The van der Waals surface area contributed by atoms with E-state index in [1.54, 1.807) is 7.11 Å². The minimum Gasteiger partial charge on any atom is -0.494 e. The lowest BCUT2D eigenvalue weighted by molar-refractivity contribution is 0.0997. The van der Waals surface area contributed by atoms with Crippen LogP contribution in [-0.4, -0.2) is 35.8 Å². The average molecular weight is 414 g/mol. The van der Waals surface area contributed by atoms with Crippen LogP contribution < -0.4 is 9.54 Å². The smallest absolute Gasteiger partial charge is 0.308 e. The number of para-hydroxylation sites is 1. The topological polar surface area (TPSA) is 65.7 Å². The lowest BCUT2D eigenvalue weighted by Crippen LogP contribution is -2.19. The second-order valence-corrected chi connectivity index (χ2v) is 8.04. The zero-order valence-electron chi connectivity index (χ0n) is 15.5. The number of nitrogens with zero attached hydrogens (tertiary/aromatic N) is 3. The second kappa shape index (κ2) is 8.22. The van der Waals surface area contributed by atoms with Crippen LogP contribution in [0.15, 0.2) is 47.5 Å². The molecule has 0 aliphatic heterocycles. The predicted molar refractivity (Wildman–Crippen MR) is 112 cm³/mol. The van der Waals surface area contributed by atoms with Gasteiger partial charge in [0.1, 0.15) is 5.75 Å². The maximum absolute atomic E-state index is 12.8. The third-order valence-corrected chi connectivity index (χ3v) is 6.22. The monoisotopic (exact) mass is 413 g/mol. The highest BCUT2D eigenvalue weighted by atomic mass is 32.1. The van der Waals surface area contributed by atoms with E-state index in [4.69, 9.17) is 9.47 Å². The first-order valence-electron chi connectivity index (χ1n) is 8.89. The van der Waals surface area contributed by atoms with Crippen molar-refractivity contribution in [1.82, 2.24) is 9.55 Å². The molecule has 0 N–H and O–H groups in total. The Balaban J connectivity index is 1.79. The first kappa shape index (κ1) is 18.8. The fourth-order valence-electron chi connectivity index (χ4n) is 2.89. The Morgan fingerprint density at radius 2 is 2.04 bits per heavy atom. The highest BCUT2D eigenvalue weighted by molar-refractivity contribution is 7.20. The van der Waals surface area contributed by atoms with Crippen molar-refractivity contribution in [2.75, 3.05) is 20.3 Å². The third-order valence-electron chi connectivity index (χ3n) is 4.16. The number of rotatable bonds is 6. The number of hydrogen-bond acceptors (Lipinski definition) is 6. The zero-order chi connectivity index (χ0) is 19.5. The van der Waals surface area contributed by atoms with Crippen molar-refractivity contribution in [3.8, 4) is 5.75 Å². The van der Waals surface area contributed by atoms with E-state index in [1.807, 2.05) is 54.0 Å². The number of ether oxygens (including phenoxy) is 2. The third kappa shape index (κ3) is 3.71. The first-order chi connectivity index (χ1) is 13.7. The Bertz CT molecular complexity index is 1170. The summed E-state index contributed by atoms with van der Waals surface area (Å²) in [4.78, 5) is 22.2. The Morgan fingerprint density at radius 3 is 2.82 bits per heavy atom. The summed E-state index contributed by atoms with van der Waals surface area (Å²) in [5.41, 5.74) is 1.82. The van der Waals surface area contributed by atoms with Crippen molar-refractivity contribution >= 4 is 49.0 Å². The molecule has 2 aromatic carbocycles. The molecular formula is C20H19N3O3S2. The number of carbonyl (C=O) groups excluding carboxylic acids is 1. The molecule has 28 heavy (non-hydrogen) atoms. The fraction of sp³-hybridized carbons (Fsp3) is 0.250. The van der Waals surface area contributed by atoms with Crippen LogP contribution in [0.4, 0.5) is 0 Å². The van der Waals surface area contributed by atoms with Crippen molar-refractivity contribution in [3.05, 3.63) is 52.3 Å². The molecule has 0 unspecified atom stereocenters. The van der Waals surface area contributed by atoms with Crippen LogP contribution in [0.2, 0.25) is 0 Å². The molecule has 4 aromatic rings. The summed E-state index contributed by atoms with van der Waals surface area (Å²) < 4.78 is 14.8. The van der Waals surface area contributed by atoms with Crippen molar-refractivity contribution in [1.29, 1.82) is 0 Å². The predicted octanol–water partition coefficient (Wildman–Crippen LogP) is 4.10. The minimum absolute atomic E-state index is 0.330. The highest BCUT2D eigenvalue weighted by Gasteiger charge is 2.13. The van der Waals surface area contributed by atoms with Crippen molar-refractivity contribution in [2.45, 2.75) is 13.5 Å². The molecule has 6 nitrogen and oxygen atoms in total. The summed E-state index contributed by atoms with van der Waals surface area (Å²) in [5, 5.41) is 0.395. The molecule has 0 aliphatic carbocycles. The van der Waals surface area contributed by atoms with Crippen LogP contribution in [0.1, 0.15) is 16.7 Å². The van der Waals surface area contributed by atoms with E-state index >= 15 is 0 Å². The second-order valence-electron chi connectivity index (χ2n) is 6.00. The van der Waals surface area contributed by atoms with Gasteiger partial charge in [0, 0.05) is 13.7 Å². The van der Waals surface area contributed by atoms with E-state index in [0.29, 0.717) is 29.6 Å². The van der Waals surface area contributed by atoms with Crippen LogP contribution in [-0.2, 0) is 11.3 Å². The lowest BCUT2D eigenvalue weighted by Gasteiger charge is -2.05. The van der Waals surface area contributed by atoms with Gasteiger partial charge in [-0.1, -0.05) is 23.5 Å². The number of benzene rings is 2. The number of methoxy groups -OCH3 is 1. The van der Waals surface area contributed by atoms with E-state index in [2.05, 4.69) is 9.98 Å². The maximum Gasteiger partial charge on any atom is 0.308 e. The van der Waals surface area contributed by atoms with Gasteiger partial charge in [0.25, 0.3) is 0 Å². The van der Waals surface area contributed by atoms with Gasteiger partial charge in [-0.2, -0.15) is 4.99 Å². The van der Waals surface area contributed by atoms with Gasteiger partial charge in [-0.3, -0.25) is 4.79 Å². The van der Waals surface area contributed by atoms with Gasteiger partial charge in [-0.05, 0) is 37.3 Å². The Morgan fingerprint density at radius 1 is 1.18 bits per heavy atom. The Hall–Kier alpha value is -2.55. The molecule has 8 heteroatoms. The van der Waals surface area contributed by atoms with E-state index in [-0.39, 0.29) is 5.91 Å². The number of aromatic nitrogens is 2. The van der Waals surface area contributed by atoms with Crippen molar-refractivity contribution in [2.24, 2.45) is 4.99 Å². The molecular weight excluding hydrogens is 394 g/mol. The van der Waals surface area contributed by atoms with Gasteiger partial charge in [0.2, 0.25) is 0 Å². The van der Waals surface area contributed by atoms with Crippen LogP contribution in [0.5, 0.6) is 5.75 Å². The highest BCUT2D eigenvalue weighted by Crippen LogP contribution is 2.24. The molecule has 0 bridgehead atoms.